The summed E-state index contributed by atoms with van der Waals surface area (Å²) in [6.45, 7) is 0. The number of nitrogens with zero attached hydrogens (tertiary/aromatic N) is 2. The van der Waals surface area contributed by atoms with Crippen molar-refractivity contribution < 1.29 is 9.90 Å². The lowest BCUT2D eigenvalue weighted by molar-refractivity contribution is 0.0695. The average molecular weight is 275 g/mol. The van der Waals surface area contributed by atoms with Gasteiger partial charge in [0.05, 0.1) is 11.8 Å². The first-order valence-electron chi connectivity index (χ1n) is 3.65. The quantitative estimate of drug-likeness (QED) is 0.870. The molecule has 0 saturated heterocycles. The van der Waals surface area contributed by atoms with Crippen molar-refractivity contribution in [1.29, 1.82) is 0 Å². The molecule has 72 valence electrons. The monoisotopic (exact) mass is 274 g/mol. The van der Waals surface area contributed by atoms with Gasteiger partial charge in [-0.25, -0.2) is 9.78 Å². The van der Waals surface area contributed by atoms with Crippen molar-refractivity contribution in [3.8, 4) is 0 Å². The summed E-state index contributed by atoms with van der Waals surface area (Å²) < 4.78 is 2.00. The summed E-state index contributed by atoms with van der Waals surface area (Å²) in [4.78, 5) is 14.8. The lowest BCUT2D eigenvalue weighted by Crippen LogP contribution is -2.00. The van der Waals surface area contributed by atoms with E-state index in [1.807, 2.05) is 0 Å². The predicted molar refractivity (Wildman–Crippen MR) is 54.9 cm³/mol. The van der Waals surface area contributed by atoms with Crippen LogP contribution in [0.1, 0.15) is 10.4 Å². The van der Waals surface area contributed by atoms with Crippen LogP contribution in [0, 0.1) is 0 Å². The molecule has 0 amide bonds. The van der Waals surface area contributed by atoms with Crippen LogP contribution in [-0.2, 0) is 0 Å². The van der Waals surface area contributed by atoms with E-state index in [0.29, 0.717) is 15.3 Å². The molecule has 0 aliphatic rings. The Morgan fingerprint density at radius 3 is 3.00 bits per heavy atom. The zero-order valence-electron chi connectivity index (χ0n) is 6.74. The zero-order valence-corrected chi connectivity index (χ0v) is 9.08. The highest BCUT2D eigenvalue weighted by Gasteiger charge is 2.11. The summed E-state index contributed by atoms with van der Waals surface area (Å²) >= 11 is 8.94. The number of hydrogen-bond donors (Lipinski definition) is 1. The molecule has 2 aromatic heterocycles. The Labute approximate surface area is 92.3 Å². The van der Waals surface area contributed by atoms with Gasteiger partial charge < -0.3 is 5.11 Å². The smallest absolute Gasteiger partial charge is 0.338 e. The van der Waals surface area contributed by atoms with E-state index in [-0.39, 0.29) is 5.56 Å². The summed E-state index contributed by atoms with van der Waals surface area (Å²) in [5.41, 5.74) is 0.754. The molecular weight excluding hydrogens is 271 g/mol. The SMILES string of the molecule is O=C(O)c1cn2c(Cl)cnc2cc1Br. The molecule has 0 aromatic carbocycles. The van der Waals surface area contributed by atoms with E-state index in [1.165, 1.54) is 16.8 Å². The number of hydrogen-bond acceptors (Lipinski definition) is 2. The molecule has 0 unspecified atom stereocenters. The lowest BCUT2D eigenvalue weighted by Gasteiger charge is -2.00. The Balaban J connectivity index is 2.80. The molecule has 0 spiro atoms. The number of aromatic nitrogens is 2. The zero-order chi connectivity index (χ0) is 10.3. The van der Waals surface area contributed by atoms with E-state index in [9.17, 15) is 4.79 Å². The molecule has 4 nitrogen and oxygen atoms in total. The third-order valence-electron chi connectivity index (χ3n) is 1.78. The van der Waals surface area contributed by atoms with Gasteiger partial charge in [0.15, 0.2) is 0 Å². The molecule has 0 radical (unpaired) electrons. The summed E-state index contributed by atoms with van der Waals surface area (Å²) in [6.07, 6.45) is 2.89. The van der Waals surface area contributed by atoms with E-state index in [1.54, 1.807) is 6.07 Å². The maximum atomic E-state index is 10.8. The maximum absolute atomic E-state index is 10.8. The normalized spacial score (nSPS) is 10.7. The minimum atomic E-state index is -1.01. The summed E-state index contributed by atoms with van der Waals surface area (Å²) in [6, 6.07) is 1.61. The van der Waals surface area contributed by atoms with E-state index in [4.69, 9.17) is 16.7 Å². The molecule has 0 aliphatic heterocycles. The summed E-state index contributed by atoms with van der Waals surface area (Å²) in [5.74, 6) is -1.01. The van der Waals surface area contributed by atoms with Crippen LogP contribution in [0.5, 0.6) is 0 Å². The van der Waals surface area contributed by atoms with Crippen molar-refractivity contribution in [2.24, 2.45) is 0 Å². The largest absolute Gasteiger partial charge is 0.478 e. The van der Waals surface area contributed by atoms with Crippen LogP contribution < -0.4 is 0 Å². The van der Waals surface area contributed by atoms with Crippen LogP contribution >= 0.6 is 27.5 Å². The van der Waals surface area contributed by atoms with Crippen molar-refractivity contribution >= 4 is 39.1 Å². The van der Waals surface area contributed by atoms with Gasteiger partial charge in [-0.2, -0.15) is 0 Å². The summed E-state index contributed by atoms with van der Waals surface area (Å²) in [5, 5.41) is 9.23. The fourth-order valence-electron chi connectivity index (χ4n) is 1.13. The van der Waals surface area contributed by atoms with Crippen LogP contribution in [0.3, 0.4) is 0 Å². The number of fused-ring (bicyclic) bond motifs is 1. The lowest BCUT2D eigenvalue weighted by atomic mass is 10.3. The van der Waals surface area contributed by atoms with Gasteiger partial charge in [-0.05, 0) is 22.0 Å². The molecule has 0 atom stereocenters. The number of imidazole rings is 1. The minimum Gasteiger partial charge on any atom is -0.478 e. The maximum Gasteiger partial charge on any atom is 0.338 e. The standard InChI is InChI=1S/C8H4BrClN2O2/c9-5-1-7-11-2-6(10)12(7)3-4(5)8(13)14/h1-3H,(H,13,14). The Morgan fingerprint density at radius 1 is 1.64 bits per heavy atom. The minimum absolute atomic E-state index is 0.150. The second-order valence-corrected chi connectivity index (χ2v) is 3.89. The van der Waals surface area contributed by atoms with Gasteiger partial charge >= 0.3 is 5.97 Å². The number of carboxylic acids is 1. The highest BCUT2D eigenvalue weighted by Crippen LogP contribution is 2.21. The third kappa shape index (κ3) is 1.38. The molecule has 1 N–H and O–H groups in total. The Hall–Kier alpha value is -1.07. The van der Waals surface area contributed by atoms with E-state index in [0.717, 1.165) is 0 Å². The molecule has 2 rings (SSSR count). The number of halogens is 2. The first-order valence-corrected chi connectivity index (χ1v) is 4.82. The molecular formula is C8H4BrClN2O2. The fraction of sp³-hybridized carbons (Fsp3) is 0. The summed E-state index contributed by atoms with van der Waals surface area (Å²) in [7, 11) is 0. The van der Waals surface area contributed by atoms with Gasteiger partial charge in [0, 0.05) is 10.7 Å². The number of aromatic carboxylic acids is 1. The van der Waals surface area contributed by atoms with Crippen LogP contribution in [0.2, 0.25) is 5.15 Å². The van der Waals surface area contributed by atoms with Crippen molar-refractivity contribution in [1.82, 2.24) is 9.38 Å². The van der Waals surface area contributed by atoms with Gasteiger partial charge in [-0.3, -0.25) is 4.40 Å². The molecule has 2 aromatic rings. The highest BCUT2D eigenvalue weighted by atomic mass is 79.9. The van der Waals surface area contributed by atoms with Crippen molar-refractivity contribution in [3.63, 3.8) is 0 Å². The molecule has 0 saturated carbocycles. The van der Waals surface area contributed by atoms with Crippen LogP contribution in [-0.4, -0.2) is 20.5 Å². The van der Waals surface area contributed by atoms with Crippen LogP contribution in [0.25, 0.3) is 5.65 Å². The molecule has 2 heterocycles. The van der Waals surface area contributed by atoms with Gasteiger partial charge in [-0.15, -0.1) is 0 Å². The van der Waals surface area contributed by atoms with Gasteiger partial charge in [0.1, 0.15) is 10.8 Å². The van der Waals surface area contributed by atoms with Crippen molar-refractivity contribution in [2.75, 3.05) is 0 Å². The molecule has 6 heteroatoms. The van der Waals surface area contributed by atoms with Gasteiger partial charge in [-0.1, -0.05) is 11.6 Å². The van der Waals surface area contributed by atoms with Crippen molar-refractivity contribution in [2.45, 2.75) is 0 Å². The Morgan fingerprint density at radius 2 is 2.36 bits per heavy atom. The average Bonchev–Trinajstić information content (AvgIpc) is 2.46. The fourth-order valence-corrected chi connectivity index (χ4v) is 1.79. The van der Waals surface area contributed by atoms with E-state index >= 15 is 0 Å². The second kappa shape index (κ2) is 3.25. The van der Waals surface area contributed by atoms with Crippen LogP contribution in [0.4, 0.5) is 0 Å². The first-order chi connectivity index (χ1) is 6.59. The topological polar surface area (TPSA) is 54.6 Å². The molecule has 14 heavy (non-hydrogen) atoms. The number of pyridine rings is 1. The van der Waals surface area contributed by atoms with Crippen molar-refractivity contribution in [3.05, 3.63) is 33.6 Å². The number of rotatable bonds is 1. The van der Waals surface area contributed by atoms with Crippen LogP contribution in [0.15, 0.2) is 22.9 Å². The van der Waals surface area contributed by atoms with Gasteiger partial charge in [0.2, 0.25) is 0 Å². The molecule has 0 fully saturated rings. The molecule has 0 bridgehead atoms. The van der Waals surface area contributed by atoms with E-state index in [2.05, 4.69) is 20.9 Å². The highest BCUT2D eigenvalue weighted by molar-refractivity contribution is 9.10. The number of carbonyl (C=O) groups is 1. The Kier molecular flexibility index (Phi) is 2.20. The number of carboxylic acid groups (broad SMARTS) is 1. The first kappa shape index (κ1) is 9.48. The predicted octanol–water partition coefficient (Wildman–Crippen LogP) is 2.45. The van der Waals surface area contributed by atoms with E-state index < -0.39 is 5.97 Å². The molecule has 0 aliphatic carbocycles. The van der Waals surface area contributed by atoms with Gasteiger partial charge in [0.25, 0.3) is 0 Å². The third-order valence-corrected chi connectivity index (χ3v) is 2.72. The second-order valence-electron chi connectivity index (χ2n) is 2.65. The Bertz CT molecular complexity index is 523.